The van der Waals surface area contributed by atoms with Gasteiger partial charge >= 0.3 is 11.6 Å². The largest absolute Gasteiger partial charge is 0.506 e. The quantitative estimate of drug-likeness (QED) is 0.229. The first-order valence-corrected chi connectivity index (χ1v) is 11.5. The van der Waals surface area contributed by atoms with E-state index in [2.05, 4.69) is 0 Å². The second kappa shape index (κ2) is 8.12. The van der Waals surface area contributed by atoms with E-state index in [0.717, 1.165) is 24.3 Å². The molecule has 0 aliphatic carbocycles. The number of hydrogen-bond donors (Lipinski definition) is 4. The van der Waals surface area contributed by atoms with Crippen molar-refractivity contribution in [3.63, 3.8) is 0 Å². The molecular formula is C19H12ClNO10S2. The van der Waals surface area contributed by atoms with Gasteiger partial charge in [0, 0.05) is 33.3 Å². The van der Waals surface area contributed by atoms with E-state index in [9.17, 15) is 37.9 Å². The molecule has 1 aromatic carbocycles. The number of nitrogens with zero attached hydrogens (tertiary/aromatic N) is 1. The molecule has 0 bridgehead atoms. The van der Waals surface area contributed by atoms with Crippen molar-refractivity contribution < 1.29 is 42.3 Å². The highest BCUT2D eigenvalue weighted by atomic mass is 35.5. The van der Waals surface area contributed by atoms with Gasteiger partial charge in [-0.05, 0) is 18.2 Å². The highest BCUT2D eigenvalue weighted by Crippen LogP contribution is 2.36. The SMILES string of the molecule is O=C(Cc1sc(-c2cc3cc(Cl)c(O)cc3oc2=O)cc1S(=O)(=O)O)On1c(O)ccc1O. The summed E-state index contributed by atoms with van der Waals surface area (Å²) in [5.74, 6) is -2.55. The number of carbonyl (C=O) groups excluding carboxylic acids is 1. The number of aromatic nitrogens is 1. The number of phenolic OH excluding ortho intramolecular Hbond substituents is 1. The zero-order chi connectivity index (χ0) is 24.1. The van der Waals surface area contributed by atoms with Crippen LogP contribution in [0, 0.1) is 0 Å². The monoisotopic (exact) mass is 513 g/mol. The molecule has 0 atom stereocenters. The molecule has 0 spiro atoms. The van der Waals surface area contributed by atoms with Crippen LogP contribution in [0.15, 0.2) is 50.5 Å². The molecule has 0 saturated carbocycles. The minimum absolute atomic E-state index is 0.00736. The molecule has 0 aliphatic rings. The number of aromatic hydroxyl groups is 3. The topological polar surface area (TPSA) is 176 Å². The van der Waals surface area contributed by atoms with Crippen molar-refractivity contribution >= 4 is 50.0 Å². The third kappa shape index (κ3) is 4.39. The Hall–Kier alpha value is -3.52. The van der Waals surface area contributed by atoms with Crippen LogP contribution in [0.2, 0.25) is 5.02 Å². The summed E-state index contributed by atoms with van der Waals surface area (Å²) in [5, 5.41) is 29.1. The van der Waals surface area contributed by atoms with Crippen molar-refractivity contribution in [3.05, 3.63) is 56.7 Å². The minimum atomic E-state index is -4.80. The average molecular weight is 514 g/mol. The summed E-state index contributed by atoms with van der Waals surface area (Å²) in [6, 6.07) is 6.94. The van der Waals surface area contributed by atoms with Crippen molar-refractivity contribution in [1.29, 1.82) is 0 Å². The van der Waals surface area contributed by atoms with Gasteiger partial charge < -0.3 is 24.6 Å². The molecule has 3 heterocycles. The van der Waals surface area contributed by atoms with Crippen molar-refractivity contribution in [3.8, 4) is 28.0 Å². The Balaban J connectivity index is 1.76. The summed E-state index contributed by atoms with van der Waals surface area (Å²) < 4.78 is 38.9. The molecule has 4 aromatic rings. The van der Waals surface area contributed by atoms with E-state index in [-0.39, 0.29) is 31.7 Å². The summed E-state index contributed by atoms with van der Waals surface area (Å²) in [6.45, 7) is 0. The van der Waals surface area contributed by atoms with Gasteiger partial charge in [0.25, 0.3) is 10.1 Å². The molecule has 172 valence electrons. The number of fused-ring (bicyclic) bond motifs is 1. The van der Waals surface area contributed by atoms with E-state index < -0.39 is 44.8 Å². The molecular weight excluding hydrogens is 502 g/mol. The lowest BCUT2D eigenvalue weighted by Crippen LogP contribution is -2.21. The fourth-order valence-corrected chi connectivity index (χ4v) is 5.31. The summed E-state index contributed by atoms with van der Waals surface area (Å²) in [7, 11) is -4.80. The van der Waals surface area contributed by atoms with Gasteiger partial charge in [-0.15, -0.1) is 16.1 Å². The Labute approximate surface area is 193 Å². The molecule has 0 amide bonds. The van der Waals surface area contributed by atoms with Gasteiger partial charge in [-0.3, -0.25) is 4.55 Å². The minimum Gasteiger partial charge on any atom is -0.506 e. The van der Waals surface area contributed by atoms with Crippen LogP contribution in [0.3, 0.4) is 0 Å². The van der Waals surface area contributed by atoms with Gasteiger partial charge in [0.15, 0.2) is 0 Å². The van der Waals surface area contributed by atoms with Crippen molar-refractivity contribution in [1.82, 2.24) is 4.73 Å². The highest BCUT2D eigenvalue weighted by molar-refractivity contribution is 7.86. The van der Waals surface area contributed by atoms with E-state index in [1.807, 2.05) is 0 Å². The van der Waals surface area contributed by atoms with Crippen LogP contribution in [0.1, 0.15) is 4.88 Å². The Kier molecular flexibility index (Phi) is 5.57. The smallest absolute Gasteiger partial charge is 0.345 e. The molecule has 11 nitrogen and oxygen atoms in total. The third-order valence-electron chi connectivity index (χ3n) is 4.41. The Morgan fingerprint density at radius 3 is 2.42 bits per heavy atom. The van der Waals surface area contributed by atoms with Gasteiger partial charge in [-0.2, -0.15) is 8.42 Å². The average Bonchev–Trinajstić information content (AvgIpc) is 3.27. The molecule has 0 radical (unpaired) electrons. The standard InChI is InChI=1S/C19H12ClNO10S2/c20-10-4-8-3-9(19(26)30-12(8)5-11(10)22)13-6-15(33(27,28)29)14(32-13)7-18(25)31-21-16(23)1-2-17(21)24/h1-6,22-24H,7H2,(H,27,28,29). The molecule has 0 fully saturated rings. The number of carbonyl (C=O) groups is 1. The zero-order valence-corrected chi connectivity index (χ0v) is 18.4. The summed E-state index contributed by atoms with van der Waals surface area (Å²) in [5.41, 5.74) is -0.921. The molecule has 0 unspecified atom stereocenters. The predicted molar refractivity (Wildman–Crippen MR) is 115 cm³/mol. The van der Waals surface area contributed by atoms with Crippen LogP contribution in [0.25, 0.3) is 21.4 Å². The summed E-state index contributed by atoms with van der Waals surface area (Å²) in [4.78, 5) is 28.8. The molecule has 0 saturated heterocycles. The van der Waals surface area contributed by atoms with Crippen molar-refractivity contribution in [2.75, 3.05) is 0 Å². The van der Waals surface area contributed by atoms with E-state index in [1.54, 1.807) is 0 Å². The summed E-state index contributed by atoms with van der Waals surface area (Å²) >= 11 is 6.59. The lowest BCUT2D eigenvalue weighted by Gasteiger charge is -2.06. The fourth-order valence-electron chi connectivity index (χ4n) is 2.95. The maximum Gasteiger partial charge on any atom is 0.345 e. The molecule has 0 aliphatic heterocycles. The van der Waals surface area contributed by atoms with Crippen molar-refractivity contribution in [2.24, 2.45) is 0 Å². The number of hydrogen-bond acceptors (Lipinski definition) is 10. The number of halogens is 1. The third-order valence-corrected chi connectivity index (χ3v) is 6.93. The molecule has 33 heavy (non-hydrogen) atoms. The van der Waals surface area contributed by atoms with Gasteiger partial charge in [-0.25, -0.2) is 9.59 Å². The van der Waals surface area contributed by atoms with Crippen molar-refractivity contribution in [2.45, 2.75) is 11.3 Å². The van der Waals surface area contributed by atoms with E-state index in [4.69, 9.17) is 20.9 Å². The molecule has 3 aromatic heterocycles. The lowest BCUT2D eigenvalue weighted by molar-refractivity contribution is -0.144. The Morgan fingerprint density at radius 2 is 1.79 bits per heavy atom. The first kappa shape index (κ1) is 22.7. The maximum absolute atomic E-state index is 12.5. The van der Waals surface area contributed by atoms with Crippen LogP contribution >= 0.6 is 22.9 Å². The second-order valence-corrected chi connectivity index (χ2v) is 9.58. The van der Waals surface area contributed by atoms with Crippen LogP contribution in [0.4, 0.5) is 0 Å². The predicted octanol–water partition coefficient (Wildman–Crippen LogP) is 2.54. The van der Waals surface area contributed by atoms with Crippen LogP contribution in [0.5, 0.6) is 17.5 Å². The maximum atomic E-state index is 12.5. The number of thiophene rings is 1. The Bertz CT molecular complexity index is 1560. The lowest BCUT2D eigenvalue weighted by atomic mass is 10.1. The van der Waals surface area contributed by atoms with E-state index in [1.165, 1.54) is 12.1 Å². The van der Waals surface area contributed by atoms with Gasteiger partial charge in [-0.1, -0.05) is 11.6 Å². The van der Waals surface area contributed by atoms with Gasteiger partial charge in [0.05, 0.1) is 17.0 Å². The van der Waals surface area contributed by atoms with Crippen LogP contribution in [-0.2, 0) is 21.3 Å². The fraction of sp³-hybridized carbons (Fsp3) is 0.0526. The van der Waals surface area contributed by atoms with E-state index in [0.29, 0.717) is 21.5 Å². The molecule has 4 N–H and O–H groups in total. The van der Waals surface area contributed by atoms with Crippen LogP contribution in [-0.4, -0.2) is 39.0 Å². The Morgan fingerprint density at radius 1 is 1.12 bits per heavy atom. The van der Waals surface area contributed by atoms with Gasteiger partial charge in [0.2, 0.25) is 11.8 Å². The first-order chi connectivity index (χ1) is 15.4. The first-order valence-electron chi connectivity index (χ1n) is 8.82. The number of benzene rings is 1. The second-order valence-electron chi connectivity index (χ2n) is 6.65. The highest BCUT2D eigenvalue weighted by Gasteiger charge is 2.25. The molecule has 4 rings (SSSR count). The number of phenols is 1. The normalized spacial score (nSPS) is 11.7. The van der Waals surface area contributed by atoms with Gasteiger partial charge in [0.1, 0.15) is 16.2 Å². The molecule has 14 heteroatoms. The van der Waals surface area contributed by atoms with E-state index >= 15 is 0 Å². The zero-order valence-electron chi connectivity index (χ0n) is 16.1. The number of rotatable bonds is 5. The summed E-state index contributed by atoms with van der Waals surface area (Å²) in [6.07, 6.45) is -0.685. The van der Waals surface area contributed by atoms with Crippen LogP contribution < -0.4 is 10.5 Å².